The zero-order chi connectivity index (χ0) is 13.7. The van der Waals surface area contributed by atoms with Gasteiger partial charge in [-0.15, -0.1) is 0 Å². The van der Waals surface area contributed by atoms with Gasteiger partial charge in [0.15, 0.2) is 5.78 Å². The number of nitrogens with zero attached hydrogens (tertiary/aromatic N) is 1. The highest BCUT2D eigenvalue weighted by molar-refractivity contribution is 6.00. The Bertz CT molecular complexity index is 403. The van der Waals surface area contributed by atoms with E-state index in [0.717, 1.165) is 23.2 Å². The highest BCUT2D eigenvalue weighted by atomic mass is 16.3. The van der Waals surface area contributed by atoms with Gasteiger partial charge in [-0.2, -0.15) is 0 Å². The summed E-state index contributed by atoms with van der Waals surface area (Å²) in [6, 6.07) is 4.09. The fraction of sp³-hybridized carbons (Fsp3) is 0.533. The van der Waals surface area contributed by atoms with Gasteiger partial charge in [-0.3, -0.25) is 9.69 Å². The van der Waals surface area contributed by atoms with Crippen LogP contribution in [0.1, 0.15) is 34.0 Å². The predicted molar refractivity (Wildman–Crippen MR) is 74.2 cm³/mol. The smallest absolute Gasteiger partial charge is 0.177 e. The van der Waals surface area contributed by atoms with Crippen molar-refractivity contribution in [3.05, 3.63) is 34.4 Å². The first-order valence-corrected chi connectivity index (χ1v) is 6.43. The summed E-state index contributed by atoms with van der Waals surface area (Å²) < 4.78 is 0. The van der Waals surface area contributed by atoms with Crippen LogP contribution >= 0.6 is 0 Å². The molecule has 1 rings (SSSR count). The van der Waals surface area contributed by atoms with E-state index in [2.05, 4.69) is 0 Å². The Balaban J connectivity index is 2.90. The second-order valence-corrected chi connectivity index (χ2v) is 4.79. The number of hydrogen-bond acceptors (Lipinski definition) is 3. The minimum atomic E-state index is 0.0903. The molecule has 0 bridgehead atoms. The van der Waals surface area contributed by atoms with E-state index >= 15 is 0 Å². The van der Waals surface area contributed by atoms with Crippen molar-refractivity contribution in [2.75, 3.05) is 26.2 Å². The largest absolute Gasteiger partial charge is 0.395 e. The molecule has 0 spiro atoms. The summed E-state index contributed by atoms with van der Waals surface area (Å²) in [6.07, 6.45) is 0. The molecular weight excluding hydrogens is 226 g/mol. The van der Waals surface area contributed by atoms with Gasteiger partial charge < -0.3 is 5.11 Å². The van der Waals surface area contributed by atoms with E-state index in [1.165, 1.54) is 5.56 Å². The molecule has 0 aliphatic heterocycles. The van der Waals surface area contributed by atoms with Gasteiger partial charge in [0.1, 0.15) is 0 Å². The van der Waals surface area contributed by atoms with Crippen molar-refractivity contribution < 1.29 is 9.90 Å². The summed E-state index contributed by atoms with van der Waals surface area (Å²) in [4.78, 5) is 14.3. The van der Waals surface area contributed by atoms with Gasteiger partial charge in [0.05, 0.1) is 13.2 Å². The second-order valence-electron chi connectivity index (χ2n) is 4.79. The Morgan fingerprint density at radius 1 is 1.22 bits per heavy atom. The Kier molecular flexibility index (Phi) is 5.51. The molecule has 1 N–H and O–H groups in total. The Morgan fingerprint density at radius 2 is 1.78 bits per heavy atom. The lowest BCUT2D eigenvalue weighted by molar-refractivity contribution is 0.0918. The van der Waals surface area contributed by atoms with Crippen LogP contribution in [0.15, 0.2) is 12.1 Å². The van der Waals surface area contributed by atoms with E-state index in [9.17, 15) is 4.79 Å². The average molecular weight is 249 g/mol. The predicted octanol–water partition coefficient (Wildman–Crippen LogP) is 2.11. The number of aryl methyl sites for hydroxylation is 3. The van der Waals surface area contributed by atoms with Crippen LogP contribution in [-0.2, 0) is 0 Å². The zero-order valence-corrected chi connectivity index (χ0v) is 11.8. The maximum absolute atomic E-state index is 12.3. The number of aliphatic hydroxyl groups excluding tert-OH is 1. The summed E-state index contributed by atoms with van der Waals surface area (Å²) >= 11 is 0. The molecule has 0 fully saturated rings. The van der Waals surface area contributed by atoms with Gasteiger partial charge in [-0.25, -0.2) is 0 Å². The van der Waals surface area contributed by atoms with Gasteiger partial charge in [0, 0.05) is 12.1 Å². The molecule has 3 nitrogen and oxygen atoms in total. The number of carbonyl (C=O) groups excluding carboxylic acids is 1. The second kappa shape index (κ2) is 6.66. The normalized spacial score (nSPS) is 11.0. The van der Waals surface area contributed by atoms with Gasteiger partial charge in [0.2, 0.25) is 0 Å². The molecule has 0 heterocycles. The lowest BCUT2D eigenvalue weighted by Gasteiger charge is -2.19. The highest BCUT2D eigenvalue weighted by Crippen LogP contribution is 2.17. The maximum atomic E-state index is 12.3. The summed E-state index contributed by atoms with van der Waals surface area (Å²) in [5.41, 5.74) is 4.09. The van der Waals surface area contributed by atoms with Crippen molar-refractivity contribution in [2.45, 2.75) is 27.7 Å². The fourth-order valence-electron chi connectivity index (χ4n) is 2.39. The number of rotatable bonds is 6. The molecule has 0 aromatic heterocycles. The minimum absolute atomic E-state index is 0.0903. The van der Waals surface area contributed by atoms with Crippen molar-refractivity contribution >= 4 is 5.78 Å². The standard InChI is InChI=1S/C15H23NO2/c1-5-16(6-7-17)10-14(18)15-12(3)8-11(2)9-13(15)4/h8-9,17H,5-7,10H2,1-4H3. The average Bonchev–Trinajstić information content (AvgIpc) is 2.26. The first-order valence-electron chi connectivity index (χ1n) is 6.43. The van der Waals surface area contributed by atoms with E-state index in [4.69, 9.17) is 5.11 Å². The molecule has 0 saturated heterocycles. The van der Waals surface area contributed by atoms with Gasteiger partial charge in [-0.1, -0.05) is 24.6 Å². The third-order valence-corrected chi connectivity index (χ3v) is 3.19. The SMILES string of the molecule is CCN(CCO)CC(=O)c1c(C)cc(C)cc1C. The molecule has 0 aliphatic carbocycles. The van der Waals surface area contributed by atoms with Crippen LogP contribution in [0.5, 0.6) is 0 Å². The quantitative estimate of drug-likeness (QED) is 0.785. The van der Waals surface area contributed by atoms with Crippen molar-refractivity contribution in [3.8, 4) is 0 Å². The van der Waals surface area contributed by atoms with Crippen LogP contribution in [0.3, 0.4) is 0 Å². The van der Waals surface area contributed by atoms with E-state index in [1.807, 2.05) is 44.7 Å². The number of aliphatic hydroxyl groups is 1. The van der Waals surface area contributed by atoms with Gasteiger partial charge in [0.25, 0.3) is 0 Å². The first kappa shape index (κ1) is 14.9. The molecule has 0 amide bonds. The van der Waals surface area contributed by atoms with E-state index in [1.54, 1.807) is 0 Å². The van der Waals surface area contributed by atoms with Crippen LogP contribution < -0.4 is 0 Å². The van der Waals surface area contributed by atoms with E-state index < -0.39 is 0 Å². The molecule has 0 radical (unpaired) electrons. The fourth-order valence-corrected chi connectivity index (χ4v) is 2.39. The maximum Gasteiger partial charge on any atom is 0.177 e. The summed E-state index contributed by atoms with van der Waals surface area (Å²) in [7, 11) is 0. The number of likely N-dealkylation sites (N-methyl/N-ethyl adjacent to an activating group) is 1. The van der Waals surface area contributed by atoms with Gasteiger partial charge >= 0.3 is 0 Å². The van der Waals surface area contributed by atoms with Crippen LogP contribution in [0.25, 0.3) is 0 Å². The highest BCUT2D eigenvalue weighted by Gasteiger charge is 2.15. The van der Waals surface area contributed by atoms with Crippen molar-refractivity contribution in [1.82, 2.24) is 4.90 Å². The molecule has 18 heavy (non-hydrogen) atoms. The molecule has 0 aliphatic rings. The van der Waals surface area contributed by atoms with Crippen LogP contribution in [0.2, 0.25) is 0 Å². The molecule has 1 aromatic carbocycles. The van der Waals surface area contributed by atoms with Crippen LogP contribution in [-0.4, -0.2) is 42.0 Å². The summed E-state index contributed by atoms with van der Waals surface area (Å²) in [6.45, 7) is 9.79. The number of carbonyl (C=O) groups is 1. The minimum Gasteiger partial charge on any atom is -0.395 e. The monoisotopic (exact) mass is 249 g/mol. The number of Topliss-reactive ketones (excluding diaryl/α,β-unsaturated/α-hetero) is 1. The third kappa shape index (κ3) is 3.65. The Hall–Kier alpha value is -1.19. The van der Waals surface area contributed by atoms with Crippen molar-refractivity contribution in [3.63, 3.8) is 0 Å². The summed E-state index contributed by atoms with van der Waals surface area (Å²) in [5.74, 6) is 0.139. The zero-order valence-electron chi connectivity index (χ0n) is 11.8. The topological polar surface area (TPSA) is 40.5 Å². The number of benzene rings is 1. The molecule has 0 atom stereocenters. The molecule has 1 aromatic rings. The first-order chi connectivity index (χ1) is 8.49. The lowest BCUT2D eigenvalue weighted by atomic mass is 9.96. The molecular formula is C15H23NO2. The third-order valence-electron chi connectivity index (χ3n) is 3.19. The Morgan fingerprint density at radius 3 is 2.22 bits per heavy atom. The van der Waals surface area contributed by atoms with E-state index in [-0.39, 0.29) is 12.4 Å². The number of ketones is 1. The molecule has 0 saturated carbocycles. The molecule has 0 unspecified atom stereocenters. The van der Waals surface area contributed by atoms with Crippen molar-refractivity contribution in [1.29, 1.82) is 0 Å². The van der Waals surface area contributed by atoms with Gasteiger partial charge in [-0.05, 0) is 38.4 Å². The van der Waals surface area contributed by atoms with Crippen LogP contribution in [0, 0.1) is 20.8 Å². The molecule has 100 valence electrons. The van der Waals surface area contributed by atoms with Crippen LogP contribution in [0.4, 0.5) is 0 Å². The summed E-state index contributed by atoms with van der Waals surface area (Å²) in [5, 5.41) is 8.94. The van der Waals surface area contributed by atoms with Crippen molar-refractivity contribution in [2.24, 2.45) is 0 Å². The lowest BCUT2D eigenvalue weighted by Crippen LogP contribution is -2.32. The Labute approximate surface area is 109 Å². The van der Waals surface area contributed by atoms with E-state index in [0.29, 0.717) is 13.1 Å². The molecule has 3 heteroatoms. The number of hydrogen-bond donors (Lipinski definition) is 1.